The fourth-order valence-corrected chi connectivity index (χ4v) is 15.8. The first-order valence-corrected chi connectivity index (χ1v) is 33.9. The Morgan fingerprint density at radius 1 is 0.280 bits per heavy atom. The average Bonchev–Trinajstić information content (AvgIpc) is 1.55. The molecule has 1 spiro atoms. The molecule has 93 heavy (non-hydrogen) atoms. The smallest absolute Gasteiger partial charge is 0.164 e. The van der Waals surface area contributed by atoms with Gasteiger partial charge >= 0.3 is 0 Å². The molecule has 0 saturated heterocycles. The van der Waals surface area contributed by atoms with Crippen molar-refractivity contribution in [3.05, 3.63) is 240 Å². The van der Waals surface area contributed by atoms with Gasteiger partial charge in [0.05, 0.1) is 0 Å². The third-order valence-corrected chi connectivity index (χ3v) is 20.8. The second-order valence-corrected chi connectivity index (χ2v) is 31.5. The molecule has 2 aromatic heterocycles. The third-order valence-electron chi connectivity index (χ3n) is 20.8. The SMILES string of the molecule is CC1CC2CC(C)C3(c4ccccc4-c4ccc(-c5cc(-c6ccccc6-c6nc(-c7ccc(C(C)(C)C)cc7)nc(-c7ccc(C(C)(C)C)cc7)n6)cc(-c6ccccc6-c6nc(-c7ccc(C(C)(C)C)cc7)nc(-c7ccc(C(C)(C)C)cc7)n6)c5)cc43)C(C1)C2. The fourth-order valence-electron chi connectivity index (χ4n) is 15.8. The van der Waals surface area contributed by atoms with E-state index in [-0.39, 0.29) is 27.1 Å². The highest BCUT2D eigenvalue weighted by atomic mass is 15.0. The Bertz CT molecular complexity index is 4250. The van der Waals surface area contributed by atoms with Crippen LogP contribution in [0, 0.1) is 23.7 Å². The molecule has 2 saturated carbocycles. The molecule has 9 aromatic carbocycles. The number of hydrogen-bond acceptors (Lipinski definition) is 6. The van der Waals surface area contributed by atoms with E-state index in [1.807, 2.05) is 0 Å². The highest BCUT2D eigenvalue weighted by Crippen LogP contribution is 2.65. The molecule has 3 aliphatic carbocycles. The second-order valence-electron chi connectivity index (χ2n) is 31.5. The summed E-state index contributed by atoms with van der Waals surface area (Å²) in [5.74, 6) is 6.28. The van der Waals surface area contributed by atoms with E-state index < -0.39 is 0 Å². The van der Waals surface area contributed by atoms with Crippen LogP contribution in [0.5, 0.6) is 0 Å². The summed E-state index contributed by atoms with van der Waals surface area (Å²) in [4.78, 5) is 32.4. The van der Waals surface area contributed by atoms with Gasteiger partial charge < -0.3 is 0 Å². The summed E-state index contributed by atoms with van der Waals surface area (Å²) < 4.78 is 0. The number of fused-ring (bicyclic) bond motifs is 8. The maximum atomic E-state index is 5.45. The Hall–Kier alpha value is -9.00. The lowest BCUT2D eigenvalue weighted by Crippen LogP contribution is -2.49. The molecule has 6 heteroatoms. The van der Waals surface area contributed by atoms with Gasteiger partial charge in [-0.2, -0.15) is 0 Å². The van der Waals surface area contributed by atoms with Crippen LogP contribution in [0.2, 0.25) is 0 Å². The van der Waals surface area contributed by atoms with E-state index >= 15 is 0 Å². The van der Waals surface area contributed by atoms with Crippen molar-refractivity contribution in [2.75, 3.05) is 0 Å². The summed E-state index contributed by atoms with van der Waals surface area (Å²) in [6, 6.07) is 76.3. The van der Waals surface area contributed by atoms with Crippen LogP contribution >= 0.6 is 0 Å². The number of rotatable bonds is 9. The van der Waals surface area contributed by atoms with Gasteiger partial charge in [-0.25, -0.2) is 29.9 Å². The van der Waals surface area contributed by atoms with Gasteiger partial charge in [0.25, 0.3) is 0 Å². The van der Waals surface area contributed by atoms with Gasteiger partial charge in [-0.15, -0.1) is 0 Å². The fraction of sp³-hybridized carbons (Fsp3) is 0.310. The minimum absolute atomic E-state index is 0.0110. The minimum atomic E-state index is -0.0742. The summed E-state index contributed by atoms with van der Waals surface area (Å²) in [5, 5.41) is 0. The van der Waals surface area contributed by atoms with Gasteiger partial charge in [0.1, 0.15) is 0 Å². The lowest BCUT2D eigenvalue weighted by atomic mass is 9.49. The van der Waals surface area contributed by atoms with Gasteiger partial charge in [0.15, 0.2) is 34.9 Å². The monoisotopic (exact) mass is 1220 g/mol. The molecule has 466 valence electrons. The first-order valence-electron chi connectivity index (χ1n) is 33.9. The zero-order chi connectivity index (χ0) is 64.9. The highest BCUT2D eigenvalue weighted by molar-refractivity contribution is 5.92. The first kappa shape index (κ1) is 61.5. The zero-order valence-corrected chi connectivity index (χ0v) is 57.0. The predicted molar refractivity (Wildman–Crippen MR) is 387 cm³/mol. The normalized spacial score (nSPS) is 18.7. The van der Waals surface area contributed by atoms with Crippen molar-refractivity contribution in [2.45, 2.75) is 150 Å². The maximum Gasteiger partial charge on any atom is 0.164 e. The molecule has 14 rings (SSSR count). The van der Waals surface area contributed by atoms with Crippen LogP contribution in [-0.2, 0) is 27.1 Å². The molecule has 3 aliphatic rings. The average molecular weight is 1220 g/mol. The Labute approximate surface area is 552 Å². The van der Waals surface area contributed by atoms with E-state index in [4.69, 9.17) is 29.9 Å². The van der Waals surface area contributed by atoms with E-state index in [0.717, 1.165) is 67.1 Å². The standard InChI is InChI=1S/C87H88N6/c1-53-45-55-47-54(2)87(68(46-53)48-55)75-26-20-19-23-71(75)72-44-35-60(52-76(72)87)61-49-62(69-21-15-17-24-73(69)81-90-77(56-27-36-64(37-28-56)83(3,4)5)88-78(91-81)57-29-38-65(39-30-57)84(6,7)8)51-63(50-61)70-22-16-18-25-74(70)82-92-79(58-31-40-66(41-32-58)85(9,10)11)89-80(93-82)59-33-42-67(43-34-59)86(12,13)14/h15-44,49-55,68H,45-48H2,1-14H3. The molecule has 2 fully saturated rings. The van der Waals surface area contributed by atoms with E-state index in [9.17, 15) is 0 Å². The van der Waals surface area contributed by atoms with Gasteiger partial charge in [-0.1, -0.05) is 279 Å². The Balaban J connectivity index is 0.984. The summed E-state index contributed by atoms with van der Waals surface area (Å²) in [5.41, 5.74) is 22.7. The lowest BCUT2D eigenvalue weighted by molar-refractivity contribution is 0.0426. The second kappa shape index (κ2) is 23.2. The molecule has 0 amide bonds. The quantitative estimate of drug-likeness (QED) is 0.143. The van der Waals surface area contributed by atoms with Crippen molar-refractivity contribution >= 4 is 0 Å². The van der Waals surface area contributed by atoms with Gasteiger partial charge in [0, 0.05) is 38.8 Å². The van der Waals surface area contributed by atoms with Gasteiger partial charge in [0.2, 0.25) is 0 Å². The van der Waals surface area contributed by atoms with Crippen molar-refractivity contribution in [1.82, 2.24) is 29.9 Å². The molecule has 2 bridgehead atoms. The number of hydrogen-bond donors (Lipinski definition) is 0. The Morgan fingerprint density at radius 2 is 0.613 bits per heavy atom. The van der Waals surface area contributed by atoms with Crippen LogP contribution in [0.15, 0.2) is 206 Å². The third kappa shape index (κ3) is 11.6. The van der Waals surface area contributed by atoms with Crippen molar-refractivity contribution in [1.29, 1.82) is 0 Å². The molecule has 11 aromatic rings. The predicted octanol–water partition coefficient (Wildman–Crippen LogP) is 22.6. The van der Waals surface area contributed by atoms with Crippen molar-refractivity contribution < 1.29 is 0 Å². The van der Waals surface area contributed by atoms with Crippen LogP contribution in [-0.4, -0.2) is 29.9 Å². The van der Waals surface area contributed by atoms with E-state index in [1.165, 1.54) is 75.8 Å². The topological polar surface area (TPSA) is 77.3 Å². The van der Waals surface area contributed by atoms with Crippen molar-refractivity contribution in [3.63, 3.8) is 0 Å². The van der Waals surface area contributed by atoms with Crippen molar-refractivity contribution in [2.24, 2.45) is 23.7 Å². The largest absolute Gasteiger partial charge is 0.208 e. The minimum Gasteiger partial charge on any atom is -0.208 e. The molecule has 0 aliphatic heterocycles. The summed E-state index contributed by atoms with van der Waals surface area (Å²) in [6.07, 6.45) is 5.13. The summed E-state index contributed by atoms with van der Waals surface area (Å²) >= 11 is 0. The summed E-state index contributed by atoms with van der Waals surface area (Å²) in [7, 11) is 0. The molecular formula is C87H88N6. The molecule has 0 N–H and O–H groups in total. The molecule has 5 atom stereocenters. The van der Waals surface area contributed by atoms with Crippen LogP contribution < -0.4 is 0 Å². The van der Waals surface area contributed by atoms with Gasteiger partial charge in [-0.05, 0) is 173 Å². The van der Waals surface area contributed by atoms with Crippen LogP contribution in [0.4, 0.5) is 0 Å². The number of aromatic nitrogens is 6. The Kier molecular flexibility index (Phi) is 15.4. The lowest BCUT2D eigenvalue weighted by Gasteiger charge is -2.54. The van der Waals surface area contributed by atoms with E-state index in [1.54, 1.807) is 0 Å². The van der Waals surface area contributed by atoms with Crippen LogP contribution in [0.3, 0.4) is 0 Å². The van der Waals surface area contributed by atoms with Gasteiger partial charge in [-0.3, -0.25) is 0 Å². The highest BCUT2D eigenvalue weighted by Gasteiger charge is 2.56. The summed E-state index contributed by atoms with van der Waals surface area (Å²) in [6.45, 7) is 32.1. The zero-order valence-electron chi connectivity index (χ0n) is 57.0. The van der Waals surface area contributed by atoms with E-state index in [2.05, 4.69) is 303 Å². The first-order chi connectivity index (χ1) is 44.4. The number of benzene rings is 9. The molecule has 6 nitrogen and oxygen atoms in total. The molecule has 0 radical (unpaired) electrons. The number of nitrogens with zero attached hydrogens (tertiary/aromatic N) is 6. The van der Waals surface area contributed by atoms with Crippen LogP contribution in [0.25, 0.3) is 113 Å². The Morgan fingerprint density at radius 3 is 1.01 bits per heavy atom. The van der Waals surface area contributed by atoms with Crippen LogP contribution in [0.1, 0.15) is 156 Å². The van der Waals surface area contributed by atoms with E-state index in [0.29, 0.717) is 52.7 Å². The molecule has 2 heterocycles. The molecular weight excluding hydrogens is 1130 g/mol. The maximum absolute atomic E-state index is 5.45. The van der Waals surface area contributed by atoms with Crippen molar-refractivity contribution in [3.8, 4) is 113 Å². The molecule has 5 unspecified atom stereocenters.